The molecule has 1 heterocycles. The second kappa shape index (κ2) is 9.46. The van der Waals surface area contributed by atoms with Crippen LogP contribution in [0.3, 0.4) is 0 Å². The molecule has 0 spiro atoms. The van der Waals surface area contributed by atoms with Gasteiger partial charge >= 0.3 is 12.1 Å². The number of ether oxygens (including phenoxy) is 1. The molecule has 1 aromatic heterocycles. The Bertz CT molecular complexity index is 1330. The molecule has 0 bridgehead atoms. The average Bonchev–Trinajstić information content (AvgIpc) is 3.45. The van der Waals surface area contributed by atoms with E-state index in [1.54, 1.807) is 6.20 Å². The van der Waals surface area contributed by atoms with Crippen LogP contribution in [0.25, 0.3) is 22.4 Å². The quantitative estimate of drug-likeness (QED) is 0.358. The molecule has 1 aliphatic carbocycles. The number of carboxylic acids is 1. The molecule has 0 fully saturated rings. The number of aryl methyl sites for hydroxylation is 1. The van der Waals surface area contributed by atoms with Gasteiger partial charge < -0.3 is 15.2 Å². The van der Waals surface area contributed by atoms with Crippen molar-refractivity contribution in [3.63, 3.8) is 0 Å². The average molecular weight is 468 g/mol. The maximum Gasteiger partial charge on any atom is 0.407 e. The van der Waals surface area contributed by atoms with E-state index < -0.39 is 18.1 Å². The number of rotatable bonds is 7. The molecular formula is C28H25N3O4. The molecule has 1 aliphatic rings. The number of carboxylic acid groups (broad SMARTS) is 1. The van der Waals surface area contributed by atoms with Gasteiger partial charge in [0, 0.05) is 17.9 Å². The topological polar surface area (TPSA) is 104 Å². The molecular weight excluding hydrogens is 442 g/mol. The Kier molecular flexibility index (Phi) is 6.06. The minimum atomic E-state index is -1.16. The van der Waals surface area contributed by atoms with Gasteiger partial charge in [0.25, 0.3) is 0 Å². The number of alkyl carbamates (subject to hydrolysis) is 1. The van der Waals surface area contributed by atoms with E-state index in [2.05, 4.69) is 27.6 Å². The monoisotopic (exact) mass is 467 g/mol. The molecule has 0 radical (unpaired) electrons. The summed E-state index contributed by atoms with van der Waals surface area (Å²) in [5, 5.41) is 19.3. The van der Waals surface area contributed by atoms with Gasteiger partial charge in [0.1, 0.15) is 12.6 Å². The van der Waals surface area contributed by atoms with Crippen LogP contribution in [0.5, 0.6) is 0 Å². The summed E-state index contributed by atoms with van der Waals surface area (Å²) in [6, 6.07) is 22.8. The highest BCUT2D eigenvalue weighted by Crippen LogP contribution is 2.44. The summed E-state index contributed by atoms with van der Waals surface area (Å²) in [5.74, 6) is -1.24. The fraction of sp³-hybridized carbons (Fsp3) is 0.179. The van der Waals surface area contributed by atoms with Crippen molar-refractivity contribution in [2.45, 2.75) is 25.3 Å². The summed E-state index contributed by atoms with van der Waals surface area (Å²) in [4.78, 5) is 24.6. The van der Waals surface area contributed by atoms with Crippen LogP contribution in [0.4, 0.5) is 4.79 Å². The number of aromatic amines is 1. The van der Waals surface area contributed by atoms with Gasteiger partial charge in [0.2, 0.25) is 0 Å². The van der Waals surface area contributed by atoms with E-state index >= 15 is 0 Å². The number of aliphatic carboxylic acids is 1. The minimum Gasteiger partial charge on any atom is -0.480 e. The third-order valence-electron chi connectivity index (χ3n) is 6.42. The number of fused-ring (bicyclic) bond motifs is 3. The Hall–Kier alpha value is -4.39. The number of carbonyl (C=O) groups is 2. The van der Waals surface area contributed by atoms with Crippen LogP contribution in [0.15, 0.2) is 79.0 Å². The van der Waals surface area contributed by atoms with E-state index in [9.17, 15) is 14.7 Å². The number of H-pyrrole nitrogens is 1. The van der Waals surface area contributed by atoms with Crippen molar-refractivity contribution < 1.29 is 19.4 Å². The molecule has 5 rings (SSSR count). The van der Waals surface area contributed by atoms with Crippen LogP contribution in [-0.4, -0.2) is 40.0 Å². The zero-order valence-corrected chi connectivity index (χ0v) is 19.2. The fourth-order valence-electron chi connectivity index (χ4n) is 4.64. The molecule has 3 aromatic carbocycles. The van der Waals surface area contributed by atoms with Crippen molar-refractivity contribution in [1.29, 1.82) is 0 Å². The maximum absolute atomic E-state index is 12.6. The standard InChI is InChI=1S/C28H25N3O4/c1-17-10-12-18(13-11-17)26-19(15-29-31-26)14-25(27(32)33)30-28(34)35-16-24-22-8-4-2-6-20(22)21-7-3-5-9-23(21)24/h2-13,15,24-25H,14,16H2,1H3,(H,29,31)(H,30,34)(H,32,33). The fourth-order valence-corrected chi connectivity index (χ4v) is 4.64. The van der Waals surface area contributed by atoms with E-state index in [-0.39, 0.29) is 18.9 Å². The molecule has 35 heavy (non-hydrogen) atoms. The SMILES string of the molecule is Cc1ccc(-c2[nH]ncc2CC(NC(=O)OCC2c3ccccc3-c3ccccc32)C(=O)O)cc1. The zero-order chi connectivity index (χ0) is 24.4. The van der Waals surface area contributed by atoms with E-state index in [0.29, 0.717) is 5.56 Å². The number of nitrogens with zero attached hydrogens (tertiary/aromatic N) is 1. The van der Waals surface area contributed by atoms with Gasteiger partial charge in [-0.3, -0.25) is 5.10 Å². The lowest BCUT2D eigenvalue weighted by atomic mass is 9.98. The highest BCUT2D eigenvalue weighted by Gasteiger charge is 2.30. The largest absolute Gasteiger partial charge is 0.480 e. The van der Waals surface area contributed by atoms with Crippen LogP contribution >= 0.6 is 0 Å². The predicted octanol–water partition coefficient (Wildman–Crippen LogP) is 4.92. The first-order valence-electron chi connectivity index (χ1n) is 11.4. The summed E-state index contributed by atoms with van der Waals surface area (Å²) in [5.41, 5.74) is 7.89. The predicted molar refractivity (Wildman–Crippen MR) is 132 cm³/mol. The van der Waals surface area contributed by atoms with Crippen molar-refractivity contribution >= 4 is 12.1 Å². The number of nitrogens with one attached hydrogen (secondary N) is 2. The Morgan fingerprint density at radius 2 is 1.63 bits per heavy atom. The van der Waals surface area contributed by atoms with Crippen molar-refractivity contribution in [2.24, 2.45) is 0 Å². The number of benzene rings is 3. The summed E-state index contributed by atoms with van der Waals surface area (Å²) in [6.07, 6.45) is 0.892. The van der Waals surface area contributed by atoms with E-state index in [4.69, 9.17) is 4.74 Å². The van der Waals surface area contributed by atoms with Gasteiger partial charge in [-0.1, -0.05) is 78.4 Å². The van der Waals surface area contributed by atoms with E-state index in [0.717, 1.165) is 39.1 Å². The van der Waals surface area contributed by atoms with Gasteiger partial charge in [0.05, 0.1) is 11.9 Å². The van der Waals surface area contributed by atoms with Crippen LogP contribution in [0.2, 0.25) is 0 Å². The van der Waals surface area contributed by atoms with Crippen molar-refractivity contribution in [3.05, 3.63) is 101 Å². The number of hydrogen-bond acceptors (Lipinski definition) is 4. The molecule has 4 aromatic rings. The number of aromatic nitrogens is 2. The number of amides is 1. The molecule has 7 nitrogen and oxygen atoms in total. The first-order chi connectivity index (χ1) is 17.0. The lowest BCUT2D eigenvalue weighted by Gasteiger charge is -2.17. The van der Waals surface area contributed by atoms with Gasteiger partial charge in [0.15, 0.2) is 0 Å². The van der Waals surface area contributed by atoms with Crippen molar-refractivity contribution in [3.8, 4) is 22.4 Å². The van der Waals surface area contributed by atoms with Crippen molar-refractivity contribution in [1.82, 2.24) is 15.5 Å². The summed E-state index contributed by atoms with van der Waals surface area (Å²) >= 11 is 0. The number of hydrogen-bond donors (Lipinski definition) is 3. The zero-order valence-electron chi connectivity index (χ0n) is 19.2. The molecule has 0 aliphatic heterocycles. The molecule has 1 unspecified atom stereocenters. The summed E-state index contributed by atoms with van der Waals surface area (Å²) < 4.78 is 5.53. The van der Waals surface area contributed by atoms with Crippen molar-refractivity contribution in [2.75, 3.05) is 6.61 Å². The Balaban J connectivity index is 1.27. The first-order valence-corrected chi connectivity index (χ1v) is 11.4. The molecule has 1 amide bonds. The highest BCUT2D eigenvalue weighted by atomic mass is 16.5. The first kappa shape index (κ1) is 22.4. The van der Waals surface area contributed by atoms with E-state index in [1.807, 2.05) is 67.6 Å². The number of carbonyl (C=O) groups excluding carboxylic acids is 1. The van der Waals surface area contributed by atoms with Crippen LogP contribution in [-0.2, 0) is 16.0 Å². The lowest BCUT2D eigenvalue weighted by molar-refractivity contribution is -0.139. The molecule has 0 saturated heterocycles. The second-order valence-corrected chi connectivity index (χ2v) is 8.70. The van der Waals surface area contributed by atoms with Gasteiger partial charge in [-0.15, -0.1) is 0 Å². The van der Waals surface area contributed by atoms with Gasteiger partial charge in [-0.05, 0) is 34.7 Å². The molecule has 7 heteroatoms. The van der Waals surface area contributed by atoms with Crippen LogP contribution in [0.1, 0.15) is 28.2 Å². The lowest BCUT2D eigenvalue weighted by Crippen LogP contribution is -2.43. The Morgan fingerprint density at radius 3 is 2.26 bits per heavy atom. The van der Waals surface area contributed by atoms with E-state index in [1.165, 1.54) is 0 Å². The van der Waals surface area contributed by atoms with Gasteiger partial charge in [-0.2, -0.15) is 5.10 Å². The molecule has 176 valence electrons. The minimum absolute atomic E-state index is 0.0687. The normalized spacial score (nSPS) is 13.1. The highest BCUT2D eigenvalue weighted by molar-refractivity contribution is 5.81. The third-order valence-corrected chi connectivity index (χ3v) is 6.42. The molecule has 0 saturated carbocycles. The molecule has 1 atom stereocenters. The van der Waals surface area contributed by atoms with Crippen LogP contribution < -0.4 is 5.32 Å². The Labute approximate surface area is 202 Å². The summed E-state index contributed by atoms with van der Waals surface area (Å²) in [6.45, 7) is 2.11. The molecule has 3 N–H and O–H groups in total. The van der Waals surface area contributed by atoms with Gasteiger partial charge in [-0.25, -0.2) is 9.59 Å². The second-order valence-electron chi connectivity index (χ2n) is 8.70. The smallest absolute Gasteiger partial charge is 0.407 e. The summed E-state index contributed by atoms with van der Waals surface area (Å²) in [7, 11) is 0. The van der Waals surface area contributed by atoms with Crippen LogP contribution in [0, 0.1) is 6.92 Å². The Morgan fingerprint density at radius 1 is 1.00 bits per heavy atom. The maximum atomic E-state index is 12.6. The third kappa shape index (κ3) is 4.53.